The van der Waals surface area contributed by atoms with Crippen LogP contribution in [0.25, 0.3) is 0 Å². The third kappa shape index (κ3) is 4.02. The highest BCUT2D eigenvalue weighted by Crippen LogP contribution is 2.18. The molecule has 15 heavy (non-hydrogen) atoms. The number of rotatable bonds is 5. The summed E-state index contributed by atoms with van der Waals surface area (Å²) in [6.45, 7) is 3.28. The fourth-order valence-corrected chi connectivity index (χ4v) is 1.50. The lowest BCUT2D eigenvalue weighted by Gasteiger charge is -2.06. The van der Waals surface area contributed by atoms with Crippen LogP contribution in [0.2, 0.25) is 5.02 Å². The molecule has 0 unspecified atom stereocenters. The average Bonchev–Trinajstić information content (AvgIpc) is 2.21. The van der Waals surface area contributed by atoms with Crippen molar-refractivity contribution in [3.63, 3.8) is 0 Å². The van der Waals surface area contributed by atoms with E-state index in [9.17, 15) is 4.39 Å². The molecule has 1 nitrogen and oxygen atoms in total. The van der Waals surface area contributed by atoms with Crippen LogP contribution >= 0.6 is 11.6 Å². The van der Waals surface area contributed by atoms with Gasteiger partial charge < -0.3 is 5.32 Å². The number of benzene rings is 1. The molecule has 0 aliphatic heterocycles. The smallest absolute Gasteiger partial charge is 0.129 e. The van der Waals surface area contributed by atoms with Gasteiger partial charge in [0.2, 0.25) is 0 Å². The van der Waals surface area contributed by atoms with E-state index in [0.717, 1.165) is 13.0 Å². The summed E-state index contributed by atoms with van der Waals surface area (Å²) in [7, 11) is 0. The highest BCUT2D eigenvalue weighted by atomic mass is 35.5. The van der Waals surface area contributed by atoms with Gasteiger partial charge in [-0.05, 0) is 32.0 Å². The van der Waals surface area contributed by atoms with Gasteiger partial charge in [-0.25, -0.2) is 4.39 Å². The first-order valence-corrected chi connectivity index (χ1v) is 5.38. The largest absolute Gasteiger partial charge is 0.312 e. The van der Waals surface area contributed by atoms with Gasteiger partial charge >= 0.3 is 0 Å². The molecule has 0 heterocycles. The van der Waals surface area contributed by atoms with Gasteiger partial charge in [0.25, 0.3) is 0 Å². The van der Waals surface area contributed by atoms with Crippen LogP contribution in [0.15, 0.2) is 30.4 Å². The molecule has 1 rings (SSSR count). The van der Waals surface area contributed by atoms with Crippen molar-refractivity contribution in [1.82, 2.24) is 5.32 Å². The Morgan fingerprint density at radius 2 is 2.27 bits per heavy atom. The number of hydrogen-bond donors (Lipinski definition) is 1. The Hall–Kier alpha value is -0.860. The SMILES string of the molecule is C/C=C/CCNCc1c(F)cccc1Cl. The van der Waals surface area contributed by atoms with Crippen LogP contribution in [0.1, 0.15) is 18.9 Å². The van der Waals surface area contributed by atoms with Gasteiger partial charge in [-0.15, -0.1) is 0 Å². The maximum absolute atomic E-state index is 13.3. The van der Waals surface area contributed by atoms with Gasteiger partial charge in [0.15, 0.2) is 0 Å². The Balaban J connectivity index is 2.43. The first-order valence-electron chi connectivity index (χ1n) is 5.00. The molecule has 0 fully saturated rings. The van der Waals surface area contributed by atoms with E-state index in [1.54, 1.807) is 12.1 Å². The molecule has 0 aliphatic rings. The van der Waals surface area contributed by atoms with Gasteiger partial charge in [-0.3, -0.25) is 0 Å². The van der Waals surface area contributed by atoms with Crippen molar-refractivity contribution in [2.45, 2.75) is 19.9 Å². The van der Waals surface area contributed by atoms with Crippen LogP contribution in [-0.2, 0) is 6.54 Å². The van der Waals surface area contributed by atoms with E-state index in [4.69, 9.17) is 11.6 Å². The van der Waals surface area contributed by atoms with Crippen LogP contribution in [0, 0.1) is 5.82 Å². The minimum Gasteiger partial charge on any atom is -0.312 e. The van der Waals surface area contributed by atoms with E-state index in [-0.39, 0.29) is 5.82 Å². The highest BCUT2D eigenvalue weighted by Gasteiger charge is 2.04. The van der Waals surface area contributed by atoms with Crippen LogP contribution in [0.5, 0.6) is 0 Å². The van der Waals surface area contributed by atoms with E-state index < -0.39 is 0 Å². The molecule has 82 valence electrons. The van der Waals surface area contributed by atoms with Crippen LogP contribution in [0.4, 0.5) is 4.39 Å². The molecule has 0 aliphatic carbocycles. The molecule has 0 atom stereocenters. The van der Waals surface area contributed by atoms with Crippen molar-refractivity contribution in [2.75, 3.05) is 6.54 Å². The number of allylic oxidation sites excluding steroid dienone is 1. The third-order valence-electron chi connectivity index (χ3n) is 2.09. The Bertz CT molecular complexity index is 316. The van der Waals surface area contributed by atoms with E-state index >= 15 is 0 Å². The molecule has 0 aromatic heterocycles. The Morgan fingerprint density at radius 1 is 1.47 bits per heavy atom. The number of nitrogens with one attached hydrogen (secondary N) is 1. The maximum Gasteiger partial charge on any atom is 0.129 e. The normalized spacial score (nSPS) is 11.1. The number of halogens is 2. The summed E-state index contributed by atoms with van der Waals surface area (Å²) in [6, 6.07) is 4.74. The van der Waals surface area contributed by atoms with Gasteiger partial charge in [0, 0.05) is 17.1 Å². The summed E-state index contributed by atoms with van der Waals surface area (Å²) < 4.78 is 13.3. The predicted octanol–water partition coefficient (Wildman–Crippen LogP) is 3.53. The van der Waals surface area contributed by atoms with Crippen molar-refractivity contribution < 1.29 is 4.39 Å². The average molecular weight is 228 g/mol. The second kappa shape index (κ2) is 6.59. The van der Waals surface area contributed by atoms with Gasteiger partial charge in [-0.1, -0.05) is 29.8 Å². The minimum atomic E-state index is -0.249. The topological polar surface area (TPSA) is 12.0 Å². The first kappa shape index (κ1) is 12.2. The highest BCUT2D eigenvalue weighted by molar-refractivity contribution is 6.31. The van der Waals surface area contributed by atoms with E-state index in [1.165, 1.54) is 6.07 Å². The van der Waals surface area contributed by atoms with Gasteiger partial charge in [0.1, 0.15) is 5.82 Å². The molecular formula is C12H15ClFN. The van der Waals surface area contributed by atoms with Crippen molar-refractivity contribution >= 4 is 11.6 Å². The lowest BCUT2D eigenvalue weighted by molar-refractivity contribution is 0.590. The molecule has 1 N–H and O–H groups in total. The second-order valence-electron chi connectivity index (χ2n) is 3.23. The fraction of sp³-hybridized carbons (Fsp3) is 0.333. The molecule has 1 aromatic rings. The van der Waals surface area contributed by atoms with Gasteiger partial charge in [-0.2, -0.15) is 0 Å². The standard InChI is InChI=1S/C12H15ClFN/c1-2-3-4-8-15-9-10-11(13)6-5-7-12(10)14/h2-3,5-7,15H,4,8-9H2,1H3/b3-2+. The predicted molar refractivity (Wildman–Crippen MR) is 62.5 cm³/mol. The summed E-state index contributed by atoms with van der Waals surface area (Å²) in [4.78, 5) is 0. The van der Waals surface area contributed by atoms with E-state index in [0.29, 0.717) is 17.1 Å². The molecule has 0 radical (unpaired) electrons. The van der Waals surface area contributed by atoms with Crippen molar-refractivity contribution in [1.29, 1.82) is 0 Å². The Morgan fingerprint density at radius 3 is 2.93 bits per heavy atom. The van der Waals surface area contributed by atoms with Crippen LogP contribution < -0.4 is 5.32 Å². The second-order valence-corrected chi connectivity index (χ2v) is 3.64. The summed E-state index contributed by atoms with van der Waals surface area (Å²) >= 11 is 5.88. The fourth-order valence-electron chi connectivity index (χ4n) is 1.27. The summed E-state index contributed by atoms with van der Waals surface area (Å²) in [5.74, 6) is -0.249. The zero-order chi connectivity index (χ0) is 11.1. The molecule has 0 spiro atoms. The van der Waals surface area contributed by atoms with E-state index in [2.05, 4.69) is 11.4 Å². The molecule has 0 saturated heterocycles. The third-order valence-corrected chi connectivity index (χ3v) is 2.44. The zero-order valence-corrected chi connectivity index (χ0v) is 9.52. The van der Waals surface area contributed by atoms with Crippen molar-refractivity contribution in [2.24, 2.45) is 0 Å². The first-order chi connectivity index (χ1) is 7.25. The lowest BCUT2D eigenvalue weighted by atomic mass is 10.2. The zero-order valence-electron chi connectivity index (χ0n) is 8.76. The molecule has 0 bridgehead atoms. The van der Waals surface area contributed by atoms with Crippen LogP contribution in [0.3, 0.4) is 0 Å². The quantitative estimate of drug-likeness (QED) is 0.600. The molecule has 0 amide bonds. The van der Waals surface area contributed by atoms with Gasteiger partial charge in [0.05, 0.1) is 0 Å². The Kier molecular flexibility index (Phi) is 5.37. The molecule has 1 aromatic carbocycles. The minimum absolute atomic E-state index is 0.249. The summed E-state index contributed by atoms with van der Waals surface area (Å²) in [5, 5.41) is 3.62. The van der Waals surface area contributed by atoms with Crippen molar-refractivity contribution in [3.8, 4) is 0 Å². The monoisotopic (exact) mass is 227 g/mol. The lowest BCUT2D eigenvalue weighted by Crippen LogP contribution is -2.15. The maximum atomic E-state index is 13.3. The Labute approximate surface area is 95.0 Å². The summed E-state index contributed by atoms with van der Waals surface area (Å²) in [5.41, 5.74) is 0.541. The van der Waals surface area contributed by atoms with E-state index in [1.807, 2.05) is 13.0 Å². The molecular weight excluding hydrogens is 213 g/mol. The summed E-state index contributed by atoms with van der Waals surface area (Å²) in [6.07, 6.45) is 5.01. The van der Waals surface area contributed by atoms with Crippen LogP contribution in [-0.4, -0.2) is 6.54 Å². The van der Waals surface area contributed by atoms with Crippen molar-refractivity contribution in [3.05, 3.63) is 46.8 Å². The molecule has 0 saturated carbocycles. The molecule has 3 heteroatoms. The number of hydrogen-bond acceptors (Lipinski definition) is 1.